The van der Waals surface area contributed by atoms with E-state index in [1.54, 1.807) is 4.90 Å². The molecule has 2 unspecified atom stereocenters. The highest BCUT2D eigenvalue weighted by Crippen LogP contribution is 2.30. The highest BCUT2D eigenvalue weighted by molar-refractivity contribution is 5.79. The maximum Gasteiger partial charge on any atom is 0.308 e. The molecule has 2 atom stereocenters. The number of para-hydroxylation sites is 1. The SMILES string of the molecule is CC1CCc2ccccc2N1CCC(=O)N1CCC(C(=O)O)C1. The van der Waals surface area contributed by atoms with Gasteiger partial charge in [0.1, 0.15) is 0 Å². The molecule has 3 rings (SSSR count). The summed E-state index contributed by atoms with van der Waals surface area (Å²) in [6.07, 6.45) is 3.22. The summed E-state index contributed by atoms with van der Waals surface area (Å²) in [7, 11) is 0. The van der Waals surface area contributed by atoms with Crippen LogP contribution in [0.1, 0.15) is 31.7 Å². The first kappa shape index (κ1) is 15.8. The average Bonchev–Trinajstić information content (AvgIpc) is 3.04. The first-order valence-corrected chi connectivity index (χ1v) is 8.41. The molecule has 1 fully saturated rings. The Bertz CT molecular complexity index is 602. The molecule has 0 spiro atoms. The van der Waals surface area contributed by atoms with Crippen molar-refractivity contribution in [3.8, 4) is 0 Å². The zero-order valence-electron chi connectivity index (χ0n) is 13.6. The molecule has 0 aromatic heterocycles. The number of carboxylic acid groups (broad SMARTS) is 1. The summed E-state index contributed by atoms with van der Waals surface area (Å²) in [5, 5.41) is 9.04. The van der Waals surface area contributed by atoms with Crippen LogP contribution >= 0.6 is 0 Å². The van der Waals surface area contributed by atoms with Crippen molar-refractivity contribution in [2.24, 2.45) is 5.92 Å². The van der Waals surface area contributed by atoms with E-state index in [0.29, 0.717) is 38.5 Å². The third-order valence-corrected chi connectivity index (χ3v) is 5.12. The largest absolute Gasteiger partial charge is 0.481 e. The van der Waals surface area contributed by atoms with Crippen molar-refractivity contribution in [3.63, 3.8) is 0 Å². The molecule has 0 saturated carbocycles. The van der Waals surface area contributed by atoms with Crippen LogP contribution in [0.3, 0.4) is 0 Å². The predicted molar refractivity (Wildman–Crippen MR) is 88.5 cm³/mol. The number of carbonyl (C=O) groups excluding carboxylic acids is 1. The summed E-state index contributed by atoms with van der Waals surface area (Å²) in [5.41, 5.74) is 2.59. The Morgan fingerprint density at radius 3 is 2.78 bits per heavy atom. The number of hydrogen-bond acceptors (Lipinski definition) is 3. The van der Waals surface area contributed by atoms with Crippen LogP contribution < -0.4 is 4.90 Å². The summed E-state index contributed by atoms with van der Waals surface area (Å²) in [6, 6.07) is 8.83. The molecule has 0 bridgehead atoms. The van der Waals surface area contributed by atoms with E-state index in [0.717, 1.165) is 12.8 Å². The van der Waals surface area contributed by atoms with Crippen LogP contribution in [0.5, 0.6) is 0 Å². The lowest BCUT2D eigenvalue weighted by Crippen LogP contribution is -2.40. The number of rotatable bonds is 4. The van der Waals surface area contributed by atoms with Gasteiger partial charge in [0, 0.05) is 37.8 Å². The highest BCUT2D eigenvalue weighted by atomic mass is 16.4. The molecule has 1 N–H and O–H groups in total. The third kappa shape index (κ3) is 3.33. The van der Waals surface area contributed by atoms with E-state index in [2.05, 4.69) is 30.0 Å². The minimum atomic E-state index is -0.793. The number of hydrogen-bond donors (Lipinski definition) is 1. The van der Waals surface area contributed by atoms with Gasteiger partial charge < -0.3 is 14.9 Å². The zero-order chi connectivity index (χ0) is 16.4. The molecule has 1 aromatic rings. The Kier molecular flexibility index (Phi) is 4.55. The topological polar surface area (TPSA) is 60.9 Å². The van der Waals surface area contributed by atoms with Crippen molar-refractivity contribution < 1.29 is 14.7 Å². The normalized spacial score (nSPS) is 23.7. The molecule has 1 saturated heterocycles. The number of anilines is 1. The van der Waals surface area contributed by atoms with Gasteiger partial charge in [-0.2, -0.15) is 0 Å². The second kappa shape index (κ2) is 6.60. The Morgan fingerprint density at radius 1 is 1.26 bits per heavy atom. The predicted octanol–water partition coefficient (Wildman–Crippen LogP) is 2.15. The van der Waals surface area contributed by atoms with Crippen LogP contribution in [0.15, 0.2) is 24.3 Å². The van der Waals surface area contributed by atoms with Gasteiger partial charge in [-0.25, -0.2) is 0 Å². The molecule has 2 heterocycles. The van der Waals surface area contributed by atoms with Gasteiger partial charge in [0.2, 0.25) is 5.91 Å². The number of aryl methyl sites for hydroxylation is 1. The fraction of sp³-hybridized carbons (Fsp3) is 0.556. The minimum Gasteiger partial charge on any atom is -0.481 e. The Hall–Kier alpha value is -2.04. The fourth-order valence-corrected chi connectivity index (χ4v) is 3.66. The van der Waals surface area contributed by atoms with Gasteiger partial charge in [0.05, 0.1) is 5.92 Å². The van der Waals surface area contributed by atoms with Crippen LogP contribution in [-0.4, -0.2) is 47.6 Å². The molecule has 1 amide bonds. The molecular formula is C18H24N2O3. The van der Waals surface area contributed by atoms with Crippen LogP contribution in [0, 0.1) is 5.92 Å². The Morgan fingerprint density at radius 2 is 2.04 bits per heavy atom. The molecule has 5 nitrogen and oxygen atoms in total. The van der Waals surface area contributed by atoms with E-state index in [9.17, 15) is 9.59 Å². The van der Waals surface area contributed by atoms with Crippen molar-refractivity contribution in [3.05, 3.63) is 29.8 Å². The van der Waals surface area contributed by atoms with E-state index in [-0.39, 0.29) is 5.91 Å². The van der Waals surface area contributed by atoms with E-state index in [1.165, 1.54) is 11.3 Å². The van der Waals surface area contributed by atoms with Gasteiger partial charge in [0.25, 0.3) is 0 Å². The van der Waals surface area contributed by atoms with Gasteiger partial charge in [-0.15, -0.1) is 0 Å². The number of fused-ring (bicyclic) bond motifs is 1. The Labute approximate surface area is 136 Å². The standard InChI is InChI=1S/C18H24N2O3/c1-13-6-7-14-4-2-3-5-16(14)20(13)11-9-17(21)19-10-8-15(12-19)18(22)23/h2-5,13,15H,6-12H2,1H3,(H,22,23). The smallest absolute Gasteiger partial charge is 0.308 e. The summed E-state index contributed by atoms with van der Waals surface area (Å²) in [4.78, 5) is 27.4. The summed E-state index contributed by atoms with van der Waals surface area (Å²) < 4.78 is 0. The van der Waals surface area contributed by atoms with E-state index < -0.39 is 11.9 Å². The van der Waals surface area contributed by atoms with Crippen molar-refractivity contribution in [1.82, 2.24) is 4.90 Å². The van der Waals surface area contributed by atoms with Crippen molar-refractivity contribution in [2.75, 3.05) is 24.5 Å². The summed E-state index contributed by atoms with van der Waals surface area (Å²) >= 11 is 0. The van der Waals surface area contributed by atoms with Crippen LogP contribution in [0.25, 0.3) is 0 Å². The molecular weight excluding hydrogens is 292 g/mol. The maximum atomic E-state index is 12.4. The van der Waals surface area contributed by atoms with Gasteiger partial charge >= 0.3 is 5.97 Å². The van der Waals surface area contributed by atoms with Crippen molar-refractivity contribution in [2.45, 2.75) is 38.6 Å². The molecule has 5 heteroatoms. The average molecular weight is 316 g/mol. The highest BCUT2D eigenvalue weighted by Gasteiger charge is 2.31. The van der Waals surface area contributed by atoms with Gasteiger partial charge in [-0.1, -0.05) is 18.2 Å². The quantitative estimate of drug-likeness (QED) is 0.924. The molecule has 0 radical (unpaired) electrons. The number of likely N-dealkylation sites (tertiary alicyclic amines) is 1. The second-order valence-electron chi connectivity index (χ2n) is 6.62. The zero-order valence-corrected chi connectivity index (χ0v) is 13.6. The lowest BCUT2D eigenvalue weighted by atomic mass is 9.96. The first-order chi connectivity index (χ1) is 11.1. The van der Waals surface area contributed by atoms with Gasteiger partial charge in [-0.05, 0) is 37.8 Å². The Balaban J connectivity index is 1.60. The third-order valence-electron chi connectivity index (χ3n) is 5.12. The minimum absolute atomic E-state index is 0.0732. The van der Waals surface area contributed by atoms with Crippen LogP contribution in [0.4, 0.5) is 5.69 Å². The van der Waals surface area contributed by atoms with Crippen LogP contribution in [-0.2, 0) is 16.0 Å². The molecule has 2 aliphatic rings. The van der Waals surface area contributed by atoms with E-state index in [4.69, 9.17) is 5.11 Å². The number of carboxylic acids is 1. The monoisotopic (exact) mass is 316 g/mol. The van der Waals surface area contributed by atoms with Crippen molar-refractivity contribution >= 4 is 17.6 Å². The molecule has 0 aliphatic carbocycles. The van der Waals surface area contributed by atoms with E-state index >= 15 is 0 Å². The summed E-state index contributed by atoms with van der Waals surface area (Å²) in [6.45, 7) is 3.84. The van der Waals surface area contributed by atoms with E-state index in [1.807, 2.05) is 6.07 Å². The van der Waals surface area contributed by atoms with Gasteiger partial charge in [0.15, 0.2) is 0 Å². The lowest BCUT2D eigenvalue weighted by molar-refractivity contribution is -0.141. The molecule has 2 aliphatic heterocycles. The lowest BCUT2D eigenvalue weighted by Gasteiger charge is -2.37. The fourth-order valence-electron chi connectivity index (χ4n) is 3.66. The number of nitrogens with zero attached hydrogens (tertiary/aromatic N) is 2. The number of benzene rings is 1. The first-order valence-electron chi connectivity index (χ1n) is 8.41. The maximum absolute atomic E-state index is 12.4. The number of aliphatic carboxylic acids is 1. The second-order valence-corrected chi connectivity index (χ2v) is 6.62. The molecule has 124 valence electrons. The van der Waals surface area contributed by atoms with Crippen molar-refractivity contribution in [1.29, 1.82) is 0 Å². The number of carbonyl (C=O) groups is 2. The van der Waals surface area contributed by atoms with Crippen LogP contribution in [0.2, 0.25) is 0 Å². The summed E-state index contributed by atoms with van der Waals surface area (Å²) in [5.74, 6) is -1.11. The number of amides is 1. The van der Waals surface area contributed by atoms with Gasteiger partial charge in [-0.3, -0.25) is 9.59 Å². The molecule has 23 heavy (non-hydrogen) atoms. The molecule has 1 aromatic carbocycles.